The number of halogens is 2. The minimum absolute atomic E-state index is 0.0112. The van der Waals surface area contributed by atoms with Gasteiger partial charge in [0.15, 0.2) is 5.65 Å². The second kappa shape index (κ2) is 9.94. The highest BCUT2D eigenvalue weighted by Crippen LogP contribution is 2.38. The van der Waals surface area contributed by atoms with Crippen LogP contribution in [0.5, 0.6) is 0 Å². The molecule has 2 aliphatic rings. The third-order valence-electron chi connectivity index (χ3n) is 7.08. The van der Waals surface area contributed by atoms with Gasteiger partial charge in [0.1, 0.15) is 11.3 Å². The van der Waals surface area contributed by atoms with Crippen molar-refractivity contribution in [1.82, 2.24) is 19.5 Å². The second-order valence-corrected chi connectivity index (χ2v) is 9.91. The Hall–Kier alpha value is -2.98. The number of primary amides is 1. The van der Waals surface area contributed by atoms with Gasteiger partial charge in [-0.2, -0.15) is 4.98 Å². The Morgan fingerprint density at radius 2 is 1.97 bits per heavy atom. The molecule has 2 aromatic heterocycles. The predicted octanol–water partition coefficient (Wildman–Crippen LogP) is 4.29. The number of imidazole rings is 1. The number of amides is 1. The molecule has 0 aliphatic heterocycles. The summed E-state index contributed by atoms with van der Waals surface area (Å²) in [5.41, 5.74) is 6.84. The molecule has 3 aromatic rings. The summed E-state index contributed by atoms with van der Waals surface area (Å²) in [5.74, 6) is -0.0482. The smallest absolute Gasteiger partial charge is 0.224 e. The molecule has 9 nitrogen and oxygen atoms in total. The normalized spacial score (nSPS) is 24.9. The van der Waals surface area contributed by atoms with Crippen molar-refractivity contribution in [1.29, 1.82) is 0 Å². The topological polar surface area (TPSA) is 131 Å². The Labute approximate surface area is 207 Å². The van der Waals surface area contributed by atoms with Crippen molar-refractivity contribution in [2.24, 2.45) is 11.7 Å². The van der Waals surface area contributed by atoms with Gasteiger partial charge >= 0.3 is 0 Å². The van der Waals surface area contributed by atoms with Crippen molar-refractivity contribution >= 4 is 46.3 Å². The number of benzene rings is 1. The van der Waals surface area contributed by atoms with E-state index in [4.69, 9.17) is 22.3 Å². The fraction of sp³-hybridized carbons (Fsp3) is 0.500. The minimum Gasteiger partial charge on any atom is -0.393 e. The van der Waals surface area contributed by atoms with Crippen molar-refractivity contribution in [3.05, 3.63) is 35.2 Å². The van der Waals surface area contributed by atoms with E-state index in [1.165, 1.54) is 6.07 Å². The lowest BCUT2D eigenvalue weighted by atomic mass is 9.85. The van der Waals surface area contributed by atoms with Gasteiger partial charge in [0.05, 0.1) is 23.0 Å². The van der Waals surface area contributed by atoms with Gasteiger partial charge in [0, 0.05) is 18.0 Å². The molecule has 5 N–H and O–H groups in total. The number of fused-ring (bicyclic) bond motifs is 1. The molecule has 2 aliphatic carbocycles. The number of nitrogens with zero attached hydrogens (tertiary/aromatic N) is 4. The number of nitrogens with two attached hydrogens (primary N) is 1. The SMILES string of the molecule is NC(=O)[C@H]1CC[C@H](n2c(Nc3c(F)cccc3Cl)nc3cnc(N[C@@H]4CCC[C@H](O)C4)nc32)CC1. The van der Waals surface area contributed by atoms with Crippen molar-refractivity contribution in [2.45, 2.75) is 69.6 Å². The summed E-state index contributed by atoms with van der Waals surface area (Å²) < 4.78 is 16.5. The number of aliphatic hydroxyl groups excluding tert-OH is 1. The first kappa shape index (κ1) is 23.7. The lowest BCUT2D eigenvalue weighted by Gasteiger charge is -2.29. The van der Waals surface area contributed by atoms with Gasteiger partial charge in [0.25, 0.3) is 0 Å². The van der Waals surface area contributed by atoms with Crippen LogP contribution in [0.2, 0.25) is 5.02 Å². The number of para-hydroxylation sites is 1. The number of hydrogen-bond acceptors (Lipinski definition) is 7. The number of aromatic nitrogens is 4. The molecule has 0 unspecified atom stereocenters. The molecule has 11 heteroatoms. The first-order valence-electron chi connectivity index (χ1n) is 12.1. The van der Waals surface area contributed by atoms with E-state index >= 15 is 0 Å². The van der Waals surface area contributed by atoms with Gasteiger partial charge in [-0.15, -0.1) is 0 Å². The Bertz CT molecular complexity index is 1210. The zero-order valence-electron chi connectivity index (χ0n) is 19.3. The van der Waals surface area contributed by atoms with Gasteiger partial charge in [0.2, 0.25) is 17.8 Å². The van der Waals surface area contributed by atoms with E-state index in [0.717, 1.165) is 19.3 Å². The average Bonchev–Trinajstić information content (AvgIpc) is 3.19. The summed E-state index contributed by atoms with van der Waals surface area (Å²) in [5, 5.41) is 16.7. The lowest BCUT2D eigenvalue weighted by Crippen LogP contribution is -2.30. The second-order valence-electron chi connectivity index (χ2n) is 9.50. The summed E-state index contributed by atoms with van der Waals surface area (Å²) in [6, 6.07) is 4.57. The zero-order valence-corrected chi connectivity index (χ0v) is 20.0. The fourth-order valence-electron chi connectivity index (χ4n) is 5.22. The van der Waals surface area contributed by atoms with E-state index in [1.807, 2.05) is 4.57 Å². The van der Waals surface area contributed by atoms with Crippen LogP contribution in [0.3, 0.4) is 0 Å². The highest BCUT2D eigenvalue weighted by atomic mass is 35.5. The van der Waals surface area contributed by atoms with Gasteiger partial charge in [-0.3, -0.25) is 9.36 Å². The van der Waals surface area contributed by atoms with Gasteiger partial charge in [-0.05, 0) is 63.5 Å². The fourth-order valence-corrected chi connectivity index (χ4v) is 5.43. The molecule has 0 bridgehead atoms. The quantitative estimate of drug-likeness (QED) is 0.396. The molecule has 1 amide bonds. The molecule has 5 rings (SSSR count). The van der Waals surface area contributed by atoms with E-state index in [2.05, 4.69) is 20.6 Å². The molecule has 0 saturated heterocycles. The van der Waals surface area contributed by atoms with Crippen molar-refractivity contribution in [3.63, 3.8) is 0 Å². The first-order valence-corrected chi connectivity index (χ1v) is 12.5. The third kappa shape index (κ3) is 5.04. The first-order chi connectivity index (χ1) is 16.9. The zero-order chi connectivity index (χ0) is 24.5. The number of nitrogens with one attached hydrogen (secondary N) is 2. The summed E-state index contributed by atoms with van der Waals surface area (Å²) in [6.45, 7) is 0. The Balaban J connectivity index is 1.51. The molecule has 2 saturated carbocycles. The van der Waals surface area contributed by atoms with Gasteiger partial charge in [-0.25, -0.2) is 14.4 Å². The van der Waals surface area contributed by atoms with Crippen molar-refractivity contribution in [2.75, 3.05) is 10.6 Å². The molecule has 186 valence electrons. The number of carbonyl (C=O) groups is 1. The van der Waals surface area contributed by atoms with E-state index in [0.29, 0.717) is 55.2 Å². The van der Waals surface area contributed by atoms with Crippen LogP contribution < -0.4 is 16.4 Å². The molecule has 2 fully saturated rings. The third-order valence-corrected chi connectivity index (χ3v) is 7.39. The summed E-state index contributed by atoms with van der Waals surface area (Å²) in [7, 11) is 0. The number of aliphatic hydroxyl groups is 1. The molecule has 35 heavy (non-hydrogen) atoms. The molecule has 0 spiro atoms. The standard InChI is InChI=1S/C24H29ClFN7O2/c25-17-5-2-6-18(26)20(17)31-24-30-19-12-28-23(29-14-3-1-4-16(34)11-14)32-22(19)33(24)15-9-7-13(8-10-15)21(27)35/h2,5-6,12-16,34H,1,3-4,7-11H2,(H2,27,35)(H,30,31)(H,28,29,32)/t13-,14-,15-,16+/m1/s1. The van der Waals surface area contributed by atoms with Crippen LogP contribution >= 0.6 is 11.6 Å². The van der Waals surface area contributed by atoms with Crippen LogP contribution in [0, 0.1) is 11.7 Å². The number of hydrogen-bond donors (Lipinski definition) is 4. The highest BCUT2D eigenvalue weighted by Gasteiger charge is 2.30. The van der Waals surface area contributed by atoms with E-state index < -0.39 is 5.82 Å². The maximum absolute atomic E-state index is 14.6. The highest BCUT2D eigenvalue weighted by molar-refractivity contribution is 6.33. The van der Waals surface area contributed by atoms with Crippen molar-refractivity contribution < 1.29 is 14.3 Å². The molecule has 2 atom stereocenters. The van der Waals surface area contributed by atoms with Gasteiger partial charge < -0.3 is 21.5 Å². The van der Waals surface area contributed by atoms with Crippen LogP contribution in [0.15, 0.2) is 24.4 Å². The van der Waals surface area contributed by atoms with E-state index in [9.17, 15) is 14.3 Å². The number of anilines is 3. The predicted molar refractivity (Wildman–Crippen MR) is 132 cm³/mol. The summed E-state index contributed by atoms with van der Waals surface area (Å²) >= 11 is 6.27. The number of rotatable bonds is 6. The van der Waals surface area contributed by atoms with Gasteiger partial charge in [-0.1, -0.05) is 17.7 Å². The molecule has 0 radical (unpaired) electrons. The Morgan fingerprint density at radius 3 is 2.69 bits per heavy atom. The summed E-state index contributed by atoms with van der Waals surface area (Å²) in [4.78, 5) is 25.6. The molecule has 1 aromatic carbocycles. The minimum atomic E-state index is -0.488. The van der Waals surface area contributed by atoms with E-state index in [-0.39, 0.29) is 40.7 Å². The number of carbonyl (C=O) groups excluding carboxylic acids is 1. The largest absolute Gasteiger partial charge is 0.393 e. The summed E-state index contributed by atoms with van der Waals surface area (Å²) in [6.07, 6.45) is 7.41. The van der Waals surface area contributed by atoms with Crippen LogP contribution in [-0.4, -0.2) is 42.7 Å². The van der Waals surface area contributed by atoms with E-state index in [1.54, 1.807) is 18.3 Å². The van der Waals surface area contributed by atoms with Crippen LogP contribution in [-0.2, 0) is 4.79 Å². The maximum Gasteiger partial charge on any atom is 0.224 e. The van der Waals surface area contributed by atoms with Crippen LogP contribution in [0.1, 0.15) is 57.4 Å². The molecular formula is C24H29ClFN7O2. The van der Waals surface area contributed by atoms with Crippen molar-refractivity contribution in [3.8, 4) is 0 Å². The Kier molecular flexibility index (Phi) is 6.75. The lowest BCUT2D eigenvalue weighted by molar-refractivity contribution is -0.122. The molecule has 2 heterocycles. The van der Waals surface area contributed by atoms with Crippen LogP contribution in [0.25, 0.3) is 11.2 Å². The Morgan fingerprint density at radius 1 is 1.17 bits per heavy atom. The maximum atomic E-state index is 14.6. The monoisotopic (exact) mass is 501 g/mol. The average molecular weight is 502 g/mol. The van der Waals surface area contributed by atoms with Crippen LogP contribution in [0.4, 0.5) is 22.0 Å². The molecular weight excluding hydrogens is 473 g/mol.